The summed E-state index contributed by atoms with van der Waals surface area (Å²) in [6.07, 6.45) is 3.64. The van der Waals surface area contributed by atoms with Crippen molar-refractivity contribution in [2.75, 3.05) is 13.2 Å². The van der Waals surface area contributed by atoms with Gasteiger partial charge in [0, 0.05) is 6.61 Å². The summed E-state index contributed by atoms with van der Waals surface area (Å²) < 4.78 is 5.54. The molecule has 4 nitrogen and oxygen atoms in total. The SMILES string of the molecule is NC(=O)C(N)(COCCC1CC1)c1ccccc1. The molecule has 1 aliphatic rings. The Hall–Kier alpha value is -1.39. The Morgan fingerprint density at radius 3 is 2.56 bits per heavy atom. The smallest absolute Gasteiger partial charge is 0.244 e. The van der Waals surface area contributed by atoms with Crippen molar-refractivity contribution in [1.29, 1.82) is 0 Å². The molecule has 18 heavy (non-hydrogen) atoms. The molecule has 0 spiro atoms. The zero-order valence-corrected chi connectivity index (χ0v) is 10.5. The molecule has 1 aromatic rings. The predicted octanol–water partition coefficient (Wildman–Crippen LogP) is 1.14. The zero-order valence-electron chi connectivity index (χ0n) is 10.5. The third-order valence-electron chi connectivity index (χ3n) is 3.43. The van der Waals surface area contributed by atoms with E-state index in [1.165, 1.54) is 12.8 Å². The van der Waals surface area contributed by atoms with Crippen LogP contribution in [0.15, 0.2) is 30.3 Å². The Balaban J connectivity index is 1.95. The van der Waals surface area contributed by atoms with Gasteiger partial charge >= 0.3 is 0 Å². The van der Waals surface area contributed by atoms with Crippen LogP contribution in [-0.4, -0.2) is 19.1 Å². The molecule has 2 rings (SSSR count). The molecule has 0 saturated heterocycles. The quantitative estimate of drug-likeness (QED) is 0.710. The Labute approximate surface area is 107 Å². The van der Waals surface area contributed by atoms with Gasteiger partial charge in [-0.15, -0.1) is 0 Å². The molecule has 0 heterocycles. The van der Waals surface area contributed by atoms with Gasteiger partial charge in [-0.05, 0) is 17.9 Å². The molecule has 0 bridgehead atoms. The molecule has 1 aliphatic carbocycles. The van der Waals surface area contributed by atoms with Crippen molar-refractivity contribution in [3.8, 4) is 0 Å². The van der Waals surface area contributed by atoms with Crippen LogP contribution in [0.1, 0.15) is 24.8 Å². The minimum Gasteiger partial charge on any atom is -0.379 e. The monoisotopic (exact) mass is 248 g/mol. The van der Waals surface area contributed by atoms with Crippen LogP contribution in [0.4, 0.5) is 0 Å². The third-order valence-corrected chi connectivity index (χ3v) is 3.43. The molecule has 0 aliphatic heterocycles. The van der Waals surface area contributed by atoms with Crippen molar-refractivity contribution in [2.24, 2.45) is 17.4 Å². The third kappa shape index (κ3) is 3.09. The van der Waals surface area contributed by atoms with Gasteiger partial charge in [-0.1, -0.05) is 43.2 Å². The Kier molecular flexibility index (Phi) is 3.99. The number of benzene rings is 1. The maximum atomic E-state index is 11.6. The van der Waals surface area contributed by atoms with E-state index in [0.29, 0.717) is 12.2 Å². The summed E-state index contributed by atoms with van der Waals surface area (Å²) in [4.78, 5) is 11.6. The minimum absolute atomic E-state index is 0.138. The summed E-state index contributed by atoms with van der Waals surface area (Å²) in [6.45, 7) is 0.781. The highest BCUT2D eigenvalue weighted by molar-refractivity contribution is 5.86. The molecule has 1 saturated carbocycles. The lowest BCUT2D eigenvalue weighted by molar-refractivity contribution is -0.125. The van der Waals surface area contributed by atoms with Crippen LogP contribution < -0.4 is 11.5 Å². The first kappa shape index (κ1) is 13.1. The van der Waals surface area contributed by atoms with Crippen molar-refractivity contribution < 1.29 is 9.53 Å². The zero-order chi connectivity index (χ0) is 13.0. The number of amides is 1. The van der Waals surface area contributed by atoms with Gasteiger partial charge < -0.3 is 16.2 Å². The number of hydrogen-bond acceptors (Lipinski definition) is 3. The molecule has 0 radical (unpaired) electrons. The van der Waals surface area contributed by atoms with Crippen LogP contribution in [0.2, 0.25) is 0 Å². The number of primary amides is 1. The van der Waals surface area contributed by atoms with Crippen LogP contribution in [-0.2, 0) is 15.1 Å². The van der Waals surface area contributed by atoms with Gasteiger partial charge in [0.15, 0.2) is 0 Å². The Morgan fingerprint density at radius 2 is 2.00 bits per heavy atom. The lowest BCUT2D eigenvalue weighted by atomic mass is 9.91. The van der Waals surface area contributed by atoms with Crippen LogP contribution in [0.25, 0.3) is 0 Å². The molecule has 4 N–H and O–H groups in total. The first-order valence-electron chi connectivity index (χ1n) is 6.35. The Bertz CT molecular complexity index is 404. The summed E-state index contributed by atoms with van der Waals surface area (Å²) in [5.41, 5.74) is 11.0. The number of ether oxygens (including phenoxy) is 1. The summed E-state index contributed by atoms with van der Waals surface area (Å²) >= 11 is 0. The highest BCUT2D eigenvalue weighted by Crippen LogP contribution is 2.32. The molecule has 1 fully saturated rings. The van der Waals surface area contributed by atoms with E-state index < -0.39 is 11.4 Å². The Morgan fingerprint density at radius 1 is 1.33 bits per heavy atom. The second-order valence-electron chi connectivity index (χ2n) is 4.99. The minimum atomic E-state index is -1.23. The summed E-state index contributed by atoms with van der Waals surface area (Å²) in [6, 6.07) is 9.15. The van der Waals surface area contributed by atoms with Crippen molar-refractivity contribution in [2.45, 2.75) is 24.8 Å². The first-order chi connectivity index (χ1) is 8.63. The molecule has 1 atom stereocenters. The molecule has 1 unspecified atom stereocenters. The average molecular weight is 248 g/mol. The highest BCUT2D eigenvalue weighted by atomic mass is 16.5. The van der Waals surface area contributed by atoms with E-state index in [0.717, 1.165) is 12.3 Å². The normalized spacial score (nSPS) is 18.3. The highest BCUT2D eigenvalue weighted by Gasteiger charge is 2.34. The van der Waals surface area contributed by atoms with E-state index in [9.17, 15) is 4.79 Å². The molecule has 4 heteroatoms. The number of nitrogens with two attached hydrogens (primary N) is 2. The van der Waals surface area contributed by atoms with Crippen molar-refractivity contribution in [1.82, 2.24) is 0 Å². The van der Waals surface area contributed by atoms with E-state index >= 15 is 0 Å². The van der Waals surface area contributed by atoms with Crippen molar-refractivity contribution in [3.63, 3.8) is 0 Å². The van der Waals surface area contributed by atoms with Gasteiger partial charge in [0.2, 0.25) is 5.91 Å². The fraction of sp³-hybridized carbons (Fsp3) is 0.500. The summed E-state index contributed by atoms with van der Waals surface area (Å²) in [5, 5.41) is 0. The maximum Gasteiger partial charge on any atom is 0.244 e. The van der Waals surface area contributed by atoms with Gasteiger partial charge in [0.1, 0.15) is 5.54 Å². The first-order valence-corrected chi connectivity index (χ1v) is 6.35. The van der Waals surface area contributed by atoms with Gasteiger partial charge in [0.25, 0.3) is 0 Å². The molecule has 0 aromatic heterocycles. The lowest BCUT2D eigenvalue weighted by Gasteiger charge is -2.26. The molecular formula is C14H20N2O2. The standard InChI is InChI=1S/C14H20N2O2/c15-13(17)14(16,12-4-2-1-3-5-12)10-18-9-8-11-6-7-11/h1-5,11H,6-10,16H2,(H2,15,17). The van der Waals surface area contributed by atoms with Crippen molar-refractivity contribution >= 4 is 5.91 Å². The molecule has 98 valence electrons. The van der Waals surface area contributed by atoms with Gasteiger partial charge in [0.05, 0.1) is 6.61 Å². The molecule has 1 amide bonds. The lowest BCUT2D eigenvalue weighted by Crippen LogP contribution is -2.52. The van der Waals surface area contributed by atoms with Gasteiger partial charge in [-0.25, -0.2) is 0 Å². The maximum absolute atomic E-state index is 11.6. The topological polar surface area (TPSA) is 78.3 Å². The van der Waals surface area contributed by atoms with E-state index in [2.05, 4.69) is 0 Å². The van der Waals surface area contributed by atoms with Gasteiger partial charge in [-0.3, -0.25) is 4.79 Å². The number of hydrogen-bond donors (Lipinski definition) is 2. The number of carbonyl (C=O) groups is 1. The second kappa shape index (κ2) is 5.50. The van der Waals surface area contributed by atoms with E-state index in [4.69, 9.17) is 16.2 Å². The van der Waals surface area contributed by atoms with E-state index in [-0.39, 0.29) is 6.61 Å². The number of carbonyl (C=O) groups excluding carboxylic acids is 1. The van der Waals surface area contributed by atoms with Crippen LogP contribution >= 0.6 is 0 Å². The molecular weight excluding hydrogens is 228 g/mol. The van der Waals surface area contributed by atoms with Crippen LogP contribution in [0.3, 0.4) is 0 Å². The van der Waals surface area contributed by atoms with Crippen LogP contribution in [0, 0.1) is 5.92 Å². The van der Waals surface area contributed by atoms with Crippen LogP contribution in [0.5, 0.6) is 0 Å². The molecule has 1 aromatic carbocycles. The largest absolute Gasteiger partial charge is 0.379 e. The van der Waals surface area contributed by atoms with E-state index in [1.807, 2.05) is 18.2 Å². The second-order valence-corrected chi connectivity index (χ2v) is 4.99. The van der Waals surface area contributed by atoms with E-state index in [1.54, 1.807) is 12.1 Å². The fourth-order valence-electron chi connectivity index (χ4n) is 1.92. The summed E-state index contributed by atoms with van der Waals surface area (Å²) in [5.74, 6) is 0.252. The fourth-order valence-corrected chi connectivity index (χ4v) is 1.92. The summed E-state index contributed by atoms with van der Waals surface area (Å²) in [7, 11) is 0. The average Bonchev–Trinajstić information content (AvgIpc) is 3.19. The number of rotatable bonds is 7. The van der Waals surface area contributed by atoms with Gasteiger partial charge in [-0.2, -0.15) is 0 Å². The predicted molar refractivity (Wildman–Crippen MR) is 69.7 cm³/mol. The van der Waals surface area contributed by atoms with Crippen molar-refractivity contribution in [3.05, 3.63) is 35.9 Å².